The number of nitrogens with two attached hydrogens (primary N) is 1. The monoisotopic (exact) mass is 330 g/mol. The van der Waals surface area contributed by atoms with Gasteiger partial charge in [-0.05, 0) is 40.9 Å². The Morgan fingerprint density at radius 3 is 2.72 bits per heavy atom. The second-order valence-corrected chi connectivity index (χ2v) is 8.10. The molecule has 0 aromatic carbocycles. The van der Waals surface area contributed by atoms with Crippen LogP contribution in [0.2, 0.25) is 0 Å². The van der Waals surface area contributed by atoms with Crippen molar-refractivity contribution < 1.29 is 4.79 Å². The molecule has 1 fully saturated rings. The fourth-order valence-electron chi connectivity index (χ4n) is 2.09. The third kappa shape index (κ3) is 3.13. The van der Waals surface area contributed by atoms with E-state index in [0.29, 0.717) is 6.54 Å². The third-order valence-electron chi connectivity index (χ3n) is 3.49. The third-order valence-corrected chi connectivity index (χ3v) is 5.48. The highest BCUT2D eigenvalue weighted by molar-refractivity contribution is 9.11. The van der Waals surface area contributed by atoms with E-state index in [-0.39, 0.29) is 23.3 Å². The van der Waals surface area contributed by atoms with Crippen LogP contribution in [-0.4, -0.2) is 18.5 Å². The predicted octanol–water partition coefficient (Wildman–Crippen LogP) is 2.64. The molecule has 5 heteroatoms. The molecule has 3 N–H and O–H groups in total. The average molecular weight is 331 g/mol. The maximum Gasteiger partial charge on any atom is 0.223 e. The van der Waals surface area contributed by atoms with Gasteiger partial charge in [-0.15, -0.1) is 11.3 Å². The zero-order chi connectivity index (χ0) is 13.3. The fourth-order valence-corrected chi connectivity index (χ4v) is 3.58. The summed E-state index contributed by atoms with van der Waals surface area (Å²) in [5, 5.41) is 3.05. The lowest BCUT2D eigenvalue weighted by Crippen LogP contribution is -2.47. The van der Waals surface area contributed by atoms with Gasteiger partial charge < -0.3 is 11.1 Å². The van der Waals surface area contributed by atoms with E-state index < -0.39 is 0 Å². The summed E-state index contributed by atoms with van der Waals surface area (Å²) in [6.07, 6.45) is 1.66. The number of hydrogen-bond acceptors (Lipinski definition) is 3. The van der Waals surface area contributed by atoms with Crippen LogP contribution in [0.5, 0.6) is 0 Å². The normalized spacial score (nSPS) is 23.6. The Balaban J connectivity index is 1.87. The lowest BCUT2D eigenvalue weighted by molar-refractivity contribution is -0.128. The van der Waals surface area contributed by atoms with Crippen LogP contribution in [-0.2, 0) is 10.2 Å². The van der Waals surface area contributed by atoms with Crippen molar-refractivity contribution in [3.8, 4) is 0 Å². The van der Waals surface area contributed by atoms with Crippen molar-refractivity contribution >= 4 is 33.2 Å². The van der Waals surface area contributed by atoms with Crippen molar-refractivity contribution in [1.29, 1.82) is 0 Å². The summed E-state index contributed by atoms with van der Waals surface area (Å²) in [5.74, 6) is 0.284. The van der Waals surface area contributed by atoms with Crippen LogP contribution >= 0.6 is 27.3 Å². The van der Waals surface area contributed by atoms with Gasteiger partial charge in [0.2, 0.25) is 5.91 Å². The first-order chi connectivity index (χ1) is 8.38. The second-order valence-electron chi connectivity index (χ2n) is 5.63. The molecule has 1 aromatic rings. The summed E-state index contributed by atoms with van der Waals surface area (Å²) < 4.78 is 1.13. The van der Waals surface area contributed by atoms with Crippen molar-refractivity contribution in [3.05, 3.63) is 20.8 Å². The highest BCUT2D eigenvalue weighted by atomic mass is 79.9. The van der Waals surface area contributed by atoms with Crippen LogP contribution in [0.1, 0.15) is 31.6 Å². The van der Waals surface area contributed by atoms with E-state index in [1.54, 1.807) is 11.3 Å². The molecule has 1 aliphatic rings. The summed E-state index contributed by atoms with van der Waals surface area (Å²) in [6, 6.07) is 4.39. The zero-order valence-corrected chi connectivity index (χ0v) is 13.1. The molecule has 0 bridgehead atoms. The molecule has 0 saturated heterocycles. The first-order valence-corrected chi connectivity index (χ1v) is 7.78. The lowest BCUT2D eigenvalue weighted by atomic mass is 9.80. The van der Waals surface area contributed by atoms with Gasteiger partial charge in [0, 0.05) is 28.8 Å². The SMILES string of the molecule is CC(C)(CNC(=O)C1CC(N)C1)c1ccc(Br)s1. The Morgan fingerprint density at radius 2 is 2.22 bits per heavy atom. The molecule has 0 atom stereocenters. The Labute approximate surface area is 120 Å². The summed E-state index contributed by atoms with van der Waals surface area (Å²) >= 11 is 5.19. The maximum atomic E-state index is 11.9. The van der Waals surface area contributed by atoms with E-state index in [2.05, 4.69) is 47.2 Å². The van der Waals surface area contributed by atoms with Crippen LogP contribution in [0.25, 0.3) is 0 Å². The van der Waals surface area contributed by atoms with Crippen molar-refractivity contribution in [2.75, 3.05) is 6.54 Å². The Hall–Kier alpha value is -0.390. The first-order valence-electron chi connectivity index (χ1n) is 6.17. The van der Waals surface area contributed by atoms with Crippen molar-refractivity contribution in [1.82, 2.24) is 5.32 Å². The number of nitrogens with one attached hydrogen (secondary N) is 1. The first kappa shape index (κ1) is 14.0. The number of amides is 1. The topological polar surface area (TPSA) is 55.1 Å². The minimum Gasteiger partial charge on any atom is -0.355 e. The molecule has 0 aliphatic heterocycles. The minimum atomic E-state index is -0.0296. The summed E-state index contributed by atoms with van der Waals surface area (Å²) in [4.78, 5) is 13.2. The number of hydrogen-bond donors (Lipinski definition) is 2. The van der Waals surface area contributed by atoms with Crippen molar-refractivity contribution in [2.24, 2.45) is 11.7 Å². The van der Waals surface area contributed by atoms with Gasteiger partial charge in [-0.1, -0.05) is 13.8 Å². The van der Waals surface area contributed by atoms with Gasteiger partial charge in [-0.3, -0.25) is 4.79 Å². The number of thiophene rings is 1. The Morgan fingerprint density at radius 1 is 1.56 bits per heavy atom. The maximum absolute atomic E-state index is 11.9. The number of halogens is 1. The molecule has 1 heterocycles. The number of carbonyl (C=O) groups excluding carboxylic acids is 1. The largest absolute Gasteiger partial charge is 0.355 e. The van der Waals surface area contributed by atoms with Gasteiger partial charge in [-0.2, -0.15) is 0 Å². The molecule has 100 valence electrons. The van der Waals surface area contributed by atoms with E-state index in [1.807, 2.05) is 0 Å². The highest BCUT2D eigenvalue weighted by Gasteiger charge is 2.33. The molecular formula is C13H19BrN2OS. The summed E-state index contributed by atoms with van der Waals surface area (Å²) in [6.45, 7) is 4.97. The molecule has 1 saturated carbocycles. The van der Waals surface area contributed by atoms with E-state index >= 15 is 0 Å². The molecule has 0 radical (unpaired) electrons. The van der Waals surface area contributed by atoms with Gasteiger partial charge in [0.1, 0.15) is 0 Å². The van der Waals surface area contributed by atoms with Gasteiger partial charge in [0.15, 0.2) is 0 Å². The molecule has 1 amide bonds. The lowest BCUT2D eigenvalue weighted by Gasteiger charge is -2.32. The van der Waals surface area contributed by atoms with Crippen molar-refractivity contribution in [3.63, 3.8) is 0 Å². The quantitative estimate of drug-likeness (QED) is 0.891. The number of rotatable bonds is 4. The number of carbonyl (C=O) groups is 1. The van der Waals surface area contributed by atoms with E-state index in [4.69, 9.17) is 5.73 Å². The van der Waals surface area contributed by atoms with E-state index in [9.17, 15) is 4.79 Å². The Kier molecular flexibility index (Phi) is 4.14. The average Bonchev–Trinajstić information content (AvgIpc) is 2.69. The molecule has 2 rings (SSSR count). The van der Waals surface area contributed by atoms with Crippen LogP contribution in [0.15, 0.2) is 15.9 Å². The standard InChI is InChI=1S/C13H19BrN2OS/c1-13(2,10-3-4-11(14)18-10)7-16-12(17)8-5-9(15)6-8/h3-4,8-9H,5-7,15H2,1-2H3,(H,16,17). The van der Waals surface area contributed by atoms with Gasteiger partial charge in [0.05, 0.1) is 3.79 Å². The molecule has 1 aliphatic carbocycles. The van der Waals surface area contributed by atoms with Crippen LogP contribution in [0.4, 0.5) is 0 Å². The van der Waals surface area contributed by atoms with Crippen LogP contribution in [0.3, 0.4) is 0 Å². The minimum absolute atomic E-state index is 0.0296. The molecule has 0 spiro atoms. The van der Waals surface area contributed by atoms with Crippen LogP contribution < -0.4 is 11.1 Å². The fraction of sp³-hybridized carbons (Fsp3) is 0.615. The second kappa shape index (κ2) is 5.31. The van der Waals surface area contributed by atoms with Gasteiger partial charge >= 0.3 is 0 Å². The zero-order valence-electron chi connectivity index (χ0n) is 10.7. The summed E-state index contributed by atoms with van der Waals surface area (Å²) in [7, 11) is 0. The molecule has 0 unspecified atom stereocenters. The molecule has 3 nitrogen and oxygen atoms in total. The molecular weight excluding hydrogens is 312 g/mol. The Bertz CT molecular complexity index is 438. The van der Waals surface area contributed by atoms with Gasteiger partial charge in [0.25, 0.3) is 0 Å². The van der Waals surface area contributed by atoms with Crippen LogP contribution in [0, 0.1) is 5.92 Å². The smallest absolute Gasteiger partial charge is 0.223 e. The highest BCUT2D eigenvalue weighted by Crippen LogP contribution is 2.32. The summed E-state index contributed by atoms with van der Waals surface area (Å²) in [5.41, 5.74) is 5.67. The molecule has 18 heavy (non-hydrogen) atoms. The molecule has 1 aromatic heterocycles. The van der Waals surface area contributed by atoms with E-state index in [1.165, 1.54) is 4.88 Å². The van der Waals surface area contributed by atoms with Gasteiger partial charge in [-0.25, -0.2) is 0 Å². The van der Waals surface area contributed by atoms with E-state index in [0.717, 1.165) is 16.6 Å². The predicted molar refractivity (Wildman–Crippen MR) is 78.8 cm³/mol. The van der Waals surface area contributed by atoms with Crippen molar-refractivity contribution in [2.45, 2.75) is 38.1 Å².